The number of hydrogen-bond donors (Lipinski definition) is 1. The fraction of sp³-hybridized carbons (Fsp3) is 0.647. The molecule has 19 heavy (non-hydrogen) atoms. The van der Waals surface area contributed by atoms with E-state index in [1.807, 2.05) is 0 Å². The topological polar surface area (TPSA) is 15.3 Å². The zero-order chi connectivity index (χ0) is 13.8. The van der Waals surface area contributed by atoms with Gasteiger partial charge in [-0.3, -0.25) is 0 Å². The second-order valence-corrected chi connectivity index (χ2v) is 6.05. The van der Waals surface area contributed by atoms with E-state index < -0.39 is 0 Å². The molecule has 2 rings (SSSR count). The van der Waals surface area contributed by atoms with Gasteiger partial charge < -0.3 is 10.2 Å². The molecule has 1 aliphatic carbocycles. The first kappa shape index (κ1) is 14.4. The number of aryl methyl sites for hydroxylation is 1. The number of anilines is 1. The molecule has 1 aromatic carbocycles. The normalized spacial score (nSPS) is 15.0. The maximum absolute atomic E-state index is 3.60. The van der Waals surface area contributed by atoms with E-state index in [4.69, 9.17) is 0 Å². The van der Waals surface area contributed by atoms with Crippen LogP contribution in [0.2, 0.25) is 0 Å². The molecular formula is C17H28N2. The lowest BCUT2D eigenvalue weighted by Crippen LogP contribution is -2.31. The fourth-order valence-electron chi connectivity index (χ4n) is 2.53. The van der Waals surface area contributed by atoms with Crippen LogP contribution in [0, 0.1) is 6.92 Å². The molecule has 1 aromatic rings. The molecule has 0 saturated heterocycles. The molecule has 0 amide bonds. The third-order valence-electron chi connectivity index (χ3n) is 3.90. The third-order valence-corrected chi connectivity index (χ3v) is 3.90. The molecular weight excluding hydrogens is 232 g/mol. The molecule has 1 saturated carbocycles. The van der Waals surface area contributed by atoms with Gasteiger partial charge in [0, 0.05) is 30.9 Å². The van der Waals surface area contributed by atoms with Crippen LogP contribution in [0.25, 0.3) is 0 Å². The van der Waals surface area contributed by atoms with Crippen LogP contribution in [0.4, 0.5) is 5.69 Å². The van der Waals surface area contributed by atoms with Crippen molar-refractivity contribution < 1.29 is 0 Å². The number of rotatable bonds is 7. The smallest absolute Gasteiger partial charge is 0.0371 e. The Hall–Kier alpha value is -1.02. The summed E-state index contributed by atoms with van der Waals surface area (Å²) < 4.78 is 0. The second kappa shape index (κ2) is 6.42. The summed E-state index contributed by atoms with van der Waals surface area (Å²) in [6, 6.07) is 8.28. The monoisotopic (exact) mass is 260 g/mol. The molecule has 0 bridgehead atoms. The Morgan fingerprint density at radius 3 is 2.58 bits per heavy atom. The van der Waals surface area contributed by atoms with Crippen molar-refractivity contribution in [2.24, 2.45) is 0 Å². The fourth-order valence-corrected chi connectivity index (χ4v) is 2.53. The van der Waals surface area contributed by atoms with Gasteiger partial charge in [-0.2, -0.15) is 0 Å². The van der Waals surface area contributed by atoms with Crippen molar-refractivity contribution in [3.05, 3.63) is 29.3 Å². The molecule has 0 aromatic heterocycles. The van der Waals surface area contributed by atoms with Gasteiger partial charge >= 0.3 is 0 Å². The van der Waals surface area contributed by atoms with E-state index in [1.54, 1.807) is 0 Å². The van der Waals surface area contributed by atoms with Gasteiger partial charge in [-0.15, -0.1) is 0 Å². The average molecular weight is 260 g/mol. The van der Waals surface area contributed by atoms with Crippen LogP contribution in [0.1, 0.15) is 51.2 Å². The first-order chi connectivity index (χ1) is 9.11. The minimum Gasteiger partial charge on any atom is -0.369 e. The van der Waals surface area contributed by atoms with Gasteiger partial charge in [-0.25, -0.2) is 0 Å². The van der Waals surface area contributed by atoms with Crippen LogP contribution in [0.15, 0.2) is 18.2 Å². The van der Waals surface area contributed by atoms with E-state index in [0.717, 1.165) is 19.1 Å². The summed E-state index contributed by atoms with van der Waals surface area (Å²) in [6.07, 6.45) is 3.91. The standard InChI is InChI=1S/C17H28N2/c1-5-10-19(13(2)3)17-9-6-15(14(4)11-17)12-18-16-7-8-16/h6,9,11,13,16,18H,5,7-8,10,12H2,1-4H3. The van der Waals surface area contributed by atoms with Gasteiger partial charge in [-0.1, -0.05) is 13.0 Å². The van der Waals surface area contributed by atoms with E-state index in [2.05, 4.69) is 56.1 Å². The van der Waals surface area contributed by atoms with E-state index >= 15 is 0 Å². The van der Waals surface area contributed by atoms with Crippen LogP contribution < -0.4 is 10.2 Å². The minimum absolute atomic E-state index is 0.565. The molecule has 0 heterocycles. The molecule has 2 nitrogen and oxygen atoms in total. The van der Waals surface area contributed by atoms with Crippen molar-refractivity contribution in [2.45, 2.75) is 65.6 Å². The van der Waals surface area contributed by atoms with Gasteiger partial charge in [-0.05, 0) is 63.3 Å². The molecule has 0 aliphatic heterocycles. The quantitative estimate of drug-likeness (QED) is 0.800. The van der Waals surface area contributed by atoms with Crippen LogP contribution >= 0.6 is 0 Å². The van der Waals surface area contributed by atoms with Gasteiger partial charge in [0.05, 0.1) is 0 Å². The highest BCUT2D eigenvalue weighted by molar-refractivity contribution is 5.51. The molecule has 0 atom stereocenters. The van der Waals surface area contributed by atoms with Gasteiger partial charge in [0.1, 0.15) is 0 Å². The number of hydrogen-bond acceptors (Lipinski definition) is 2. The zero-order valence-corrected chi connectivity index (χ0v) is 12.9. The van der Waals surface area contributed by atoms with Gasteiger partial charge in [0.25, 0.3) is 0 Å². The van der Waals surface area contributed by atoms with Crippen LogP contribution in [-0.2, 0) is 6.54 Å². The molecule has 106 valence electrons. The van der Waals surface area contributed by atoms with Crippen LogP contribution in [0.3, 0.4) is 0 Å². The van der Waals surface area contributed by atoms with Gasteiger partial charge in [0.2, 0.25) is 0 Å². The predicted octanol–water partition coefficient (Wildman–Crippen LogP) is 3.87. The number of nitrogens with one attached hydrogen (secondary N) is 1. The molecule has 2 heteroatoms. The van der Waals surface area contributed by atoms with Crippen molar-refractivity contribution in [3.63, 3.8) is 0 Å². The number of benzene rings is 1. The molecule has 1 fully saturated rings. The highest BCUT2D eigenvalue weighted by Crippen LogP contribution is 2.23. The van der Waals surface area contributed by atoms with Crippen molar-refractivity contribution in [2.75, 3.05) is 11.4 Å². The Balaban J connectivity index is 2.06. The summed E-state index contributed by atoms with van der Waals surface area (Å²) in [6.45, 7) is 11.2. The Bertz CT molecular complexity index is 408. The average Bonchev–Trinajstić information content (AvgIpc) is 3.18. The van der Waals surface area contributed by atoms with E-state index in [9.17, 15) is 0 Å². The summed E-state index contributed by atoms with van der Waals surface area (Å²) in [5.41, 5.74) is 4.22. The number of nitrogens with zero attached hydrogens (tertiary/aromatic N) is 1. The third kappa shape index (κ3) is 3.97. The van der Waals surface area contributed by atoms with Crippen molar-refractivity contribution in [1.82, 2.24) is 5.32 Å². The predicted molar refractivity (Wildman–Crippen MR) is 83.8 cm³/mol. The lowest BCUT2D eigenvalue weighted by Gasteiger charge is -2.29. The Morgan fingerprint density at radius 1 is 1.32 bits per heavy atom. The Labute approximate surface area is 118 Å². The summed E-state index contributed by atoms with van der Waals surface area (Å²) in [5.74, 6) is 0. The molecule has 0 spiro atoms. The summed E-state index contributed by atoms with van der Waals surface area (Å²) in [4.78, 5) is 2.49. The maximum atomic E-state index is 3.60. The van der Waals surface area contributed by atoms with Gasteiger partial charge in [0.15, 0.2) is 0 Å². The van der Waals surface area contributed by atoms with Crippen molar-refractivity contribution in [3.8, 4) is 0 Å². The highest BCUT2D eigenvalue weighted by Gasteiger charge is 2.20. The van der Waals surface area contributed by atoms with Crippen LogP contribution in [-0.4, -0.2) is 18.6 Å². The lowest BCUT2D eigenvalue weighted by atomic mass is 10.1. The largest absolute Gasteiger partial charge is 0.369 e. The van der Waals surface area contributed by atoms with E-state index in [0.29, 0.717) is 6.04 Å². The Kier molecular flexibility index (Phi) is 4.87. The molecule has 0 unspecified atom stereocenters. The van der Waals surface area contributed by atoms with E-state index in [1.165, 1.54) is 36.1 Å². The van der Waals surface area contributed by atoms with Crippen LogP contribution in [0.5, 0.6) is 0 Å². The zero-order valence-electron chi connectivity index (χ0n) is 12.9. The summed E-state index contributed by atoms with van der Waals surface area (Å²) in [5, 5.41) is 3.60. The summed E-state index contributed by atoms with van der Waals surface area (Å²) in [7, 11) is 0. The summed E-state index contributed by atoms with van der Waals surface area (Å²) >= 11 is 0. The highest BCUT2D eigenvalue weighted by atomic mass is 15.1. The van der Waals surface area contributed by atoms with Crippen molar-refractivity contribution in [1.29, 1.82) is 0 Å². The first-order valence-electron chi connectivity index (χ1n) is 7.71. The SMILES string of the molecule is CCCN(c1ccc(CNC2CC2)c(C)c1)C(C)C. The first-order valence-corrected chi connectivity index (χ1v) is 7.71. The molecule has 1 N–H and O–H groups in total. The second-order valence-electron chi connectivity index (χ2n) is 6.05. The lowest BCUT2D eigenvalue weighted by molar-refractivity contribution is 0.668. The molecule has 0 radical (unpaired) electrons. The minimum atomic E-state index is 0.565. The molecule has 1 aliphatic rings. The van der Waals surface area contributed by atoms with E-state index in [-0.39, 0.29) is 0 Å². The Morgan fingerprint density at radius 2 is 2.05 bits per heavy atom. The van der Waals surface area contributed by atoms with Crippen molar-refractivity contribution >= 4 is 5.69 Å². The maximum Gasteiger partial charge on any atom is 0.0371 e.